The number of hydrogen-bond acceptors (Lipinski definition) is 1. The first-order valence-corrected chi connectivity index (χ1v) is 4.18. The molecule has 0 aliphatic heterocycles. The first-order chi connectivity index (χ1) is 5.38. The highest BCUT2D eigenvalue weighted by molar-refractivity contribution is 5.20. The summed E-state index contributed by atoms with van der Waals surface area (Å²) in [5.74, 6) is 0.761. The number of hydrogen-bond donors (Lipinski definition) is 1. The van der Waals surface area contributed by atoms with Crippen LogP contribution in [0, 0.1) is 5.92 Å². The second-order valence-corrected chi connectivity index (χ2v) is 3.27. The third kappa shape index (κ3) is 1.86. The summed E-state index contributed by atoms with van der Waals surface area (Å²) in [5, 5.41) is 0. The van der Waals surface area contributed by atoms with Gasteiger partial charge in [-0.15, -0.1) is 0 Å². The minimum absolute atomic E-state index is 0. The van der Waals surface area contributed by atoms with Crippen LogP contribution in [0.4, 0.5) is 0 Å². The molecule has 0 spiro atoms. The Labute approximate surface area is 74.6 Å². The fraction of sp³-hybridized carbons (Fsp3) is 0.455. The van der Waals surface area contributed by atoms with Crippen LogP contribution in [0.15, 0.2) is 30.3 Å². The zero-order valence-corrected chi connectivity index (χ0v) is 6.53. The van der Waals surface area contributed by atoms with E-state index in [4.69, 9.17) is 5.73 Å². The Bertz CT molecular complexity index is 226. The molecule has 66 valence electrons. The number of nitrogens with two attached hydrogens (primary N) is 1. The molecule has 2 rings (SSSR count). The minimum atomic E-state index is 0. The van der Waals surface area contributed by atoms with Crippen molar-refractivity contribution in [3.8, 4) is 0 Å². The Hall–Kier alpha value is -0.820. The van der Waals surface area contributed by atoms with E-state index < -0.39 is 0 Å². The maximum atomic E-state index is 6.00. The molecule has 1 saturated carbocycles. The summed E-state index contributed by atoms with van der Waals surface area (Å²) in [6.45, 7) is 0. The van der Waals surface area contributed by atoms with Crippen molar-refractivity contribution in [2.24, 2.45) is 11.7 Å². The van der Waals surface area contributed by atoms with Crippen molar-refractivity contribution >= 4 is 0 Å². The lowest BCUT2D eigenvalue weighted by atomic mass is 10.0. The van der Waals surface area contributed by atoms with Crippen LogP contribution in [0.25, 0.3) is 0 Å². The van der Waals surface area contributed by atoms with E-state index in [-0.39, 0.29) is 13.5 Å². The Kier molecular flexibility index (Phi) is 2.88. The van der Waals surface area contributed by atoms with Crippen LogP contribution in [0.2, 0.25) is 0 Å². The number of rotatable bonds is 2. The molecule has 1 atom stereocenters. The molecule has 0 aromatic heterocycles. The topological polar surface area (TPSA) is 26.0 Å². The van der Waals surface area contributed by atoms with Crippen molar-refractivity contribution in [1.82, 2.24) is 0 Å². The van der Waals surface area contributed by atoms with Gasteiger partial charge in [-0.05, 0) is 24.3 Å². The van der Waals surface area contributed by atoms with Gasteiger partial charge in [0.1, 0.15) is 0 Å². The van der Waals surface area contributed by atoms with E-state index in [0.717, 1.165) is 5.92 Å². The molecule has 0 heterocycles. The first-order valence-electron chi connectivity index (χ1n) is 4.18. The highest BCUT2D eigenvalue weighted by Gasteiger charge is 2.28. The molecule has 1 aliphatic carbocycles. The second kappa shape index (κ2) is 3.72. The van der Waals surface area contributed by atoms with Crippen LogP contribution >= 0.6 is 0 Å². The molecule has 1 nitrogen and oxygen atoms in total. The average molecular weight is 163 g/mol. The molecular weight excluding hydrogens is 146 g/mol. The van der Waals surface area contributed by atoms with E-state index in [2.05, 4.69) is 24.3 Å². The van der Waals surface area contributed by atoms with Crippen LogP contribution in [-0.4, -0.2) is 0 Å². The molecule has 12 heavy (non-hydrogen) atoms. The molecule has 0 radical (unpaired) electrons. The van der Waals surface area contributed by atoms with Gasteiger partial charge in [0, 0.05) is 6.04 Å². The molecule has 1 aliphatic rings. The van der Waals surface area contributed by atoms with Gasteiger partial charge in [-0.2, -0.15) is 0 Å². The Morgan fingerprint density at radius 3 is 2.25 bits per heavy atom. The Morgan fingerprint density at radius 2 is 1.75 bits per heavy atom. The van der Waals surface area contributed by atoms with Gasteiger partial charge in [0.05, 0.1) is 0 Å². The van der Waals surface area contributed by atoms with Crippen molar-refractivity contribution in [2.75, 3.05) is 0 Å². The van der Waals surface area contributed by atoms with Crippen LogP contribution in [0.1, 0.15) is 31.9 Å². The van der Waals surface area contributed by atoms with E-state index in [0.29, 0.717) is 0 Å². The van der Waals surface area contributed by atoms with E-state index in [9.17, 15) is 0 Å². The summed E-state index contributed by atoms with van der Waals surface area (Å²) in [6, 6.07) is 10.7. The van der Waals surface area contributed by atoms with Crippen LogP contribution in [0.5, 0.6) is 0 Å². The molecule has 1 fully saturated rings. The van der Waals surface area contributed by atoms with E-state index in [1.165, 1.54) is 18.4 Å². The molecule has 0 saturated heterocycles. The average Bonchev–Trinajstić information content (AvgIpc) is 2.87. The van der Waals surface area contributed by atoms with Gasteiger partial charge in [0.25, 0.3) is 0 Å². The fourth-order valence-electron chi connectivity index (χ4n) is 1.40. The van der Waals surface area contributed by atoms with Crippen molar-refractivity contribution in [2.45, 2.75) is 26.3 Å². The van der Waals surface area contributed by atoms with Gasteiger partial charge in [0.2, 0.25) is 0 Å². The molecule has 1 aromatic rings. The van der Waals surface area contributed by atoms with Crippen LogP contribution < -0.4 is 5.73 Å². The smallest absolute Gasteiger partial charge is 0.0323 e. The summed E-state index contributed by atoms with van der Waals surface area (Å²) in [4.78, 5) is 0. The zero-order valence-electron chi connectivity index (χ0n) is 6.53. The molecule has 0 amide bonds. The van der Waals surface area contributed by atoms with Gasteiger partial charge < -0.3 is 5.73 Å². The third-order valence-corrected chi connectivity index (χ3v) is 2.31. The van der Waals surface area contributed by atoms with Crippen molar-refractivity contribution in [3.63, 3.8) is 0 Å². The van der Waals surface area contributed by atoms with Gasteiger partial charge in [-0.25, -0.2) is 0 Å². The van der Waals surface area contributed by atoms with Crippen LogP contribution in [-0.2, 0) is 0 Å². The monoisotopic (exact) mass is 163 g/mol. The standard InChI is InChI=1S/C10H13N.CH4/c11-10(9-6-7-9)8-4-2-1-3-5-8;/h1-5,9-10H,6-7,11H2;1H4. The van der Waals surface area contributed by atoms with Crippen molar-refractivity contribution in [3.05, 3.63) is 35.9 Å². The lowest BCUT2D eigenvalue weighted by Crippen LogP contribution is -2.11. The lowest BCUT2D eigenvalue weighted by Gasteiger charge is -2.09. The number of benzene rings is 1. The van der Waals surface area contributed by atoms with E-state index in [1.54, 1.807) is 0 Å². The highest BCUT2D eigenvalue weighted by Crippen LogP contribution is 2.39. The second-order valence-electron chi connectivity index (χ2n) is 3.27. The zero-order chi connectivity index (χ0) is 7.68. The summed E-state index contributed by atoms with van der Waals surface area (Å²) in [5.41, 5.74) is 7.29. The van der Waals surface area contributed by atoms with E-state index in [1.807, 2.05) is 6.07 Å². The lowest BCUT2D eigenvalue weighted by molar-refractivity contribution is 0.633. The molecule has 1 unspecified atom stereocenters. The highest BCUT2D eigenvalue weighted by atomic mass is 14.7. The largest absolute Gasteiger partial charge is 0.324 e. The Balaban J connectivity index is 0.000000720. The summed E-state index contributed by atoms with van der Waals surface area (Å²) in [7, 11) is 0. The predicted octanol–water partition coefficient (Wildman–Crippen LogP) is 2.73. The summed E-state index contributed by atoms with van der Waals surface area (Å²) < 4.78 is 0. The maximum Gasteiger partial charge on any atom is 0.0323 e. The predicted molar refractivity (Wildman–Crippen MR) is 52.8 cm³/mol. The van der Waals surface area contributed by atoms with Gasteiger partial charge in [-0.3, -0.25) is 0 Å². The fourth-order valence-corrected chi connectivity index (χ4v) is 1.40. The van der Waals surface area contributed by atoms with Gasteiger partial charge >= 0.3 is 0 Å². The first kappa shape index (κ1) is 9.27. The quantitative estimate of drug-likeness (QED) is 0.712. The Morgan fingerprint density at radius 1 is 1.17 bits per heavy atom. The molecular formula is C11H17N. The van der Waals surface area contributed by atoms with E-state index >= 15 is 0 Å². The molecule has 0 bridgehead atoms. The maximum absolute atomic E-state index is 6.00. The minimum Gasteiger partial charge on any atom is -0.324 e. The third-order valence-electron chi connectivity index (χ3n) is 2.31. The van der Waals surface area contributed by atoms with Crippen molar-refractivity contribution in [1.29, 1.82) is 0 Å². The van der Waals surface area contributed by atoms with Crippen molar-refractivity contribution < 1.29 is 0 Å². The van der Waals surface area contributed by atoms with Gasteiger partial charge in [0.15, 0.2) is 0 Å². The molecule has 1 heteroatoms. The molecule has 1 aromatic carbocycles. The normalized spacial score (nSPS) is 18.1. The van der Waals surface area contributed by atoms with Gasteiger partial charge in [-0.1, -0.05) is 37.8 Å². The SMILES string of the molecule is C.NC(c1ccccc1)C1CC1. The molecule has 2 N–H and O–H groups in total. The summed E-state index contributed by atoms with van der Waals surface area (Å²) in [6.07, 6.45) is 2.63. The summed E-state index contributed by atoms with van der Waals surface area (Å²) >= 11 is 0. The van der Waals surface area contributed by atoms with Crippen LogP contribution in [0.3, 0.4) is 0 Å².